The van der Waals surface area contributed by atoms with Gasteiger partial charge in [-0.15, -0.1) is 0 Å². The summed E-state index contributed by atoms with van der Waals surface area (Å²) in [5.41, 5.74) is -1.09. The average Bonchev–Trinajstić information content (AvgIpc) is 2.51. The summed E-state index contributed by atoms with van der Waals surface area (Å²) in [5.74, 6) is -0.437. The van der Waals surface area contributed by atoms with Crippen LogP contribution in [0.1, 0.15) is 59.2 Å². The third kappa shape index (κ3) is 3.12. The summed E-state index contributed by atoms with van der Waals surface area (Å²) in [6.07, 6.45) is 5.98. The molecule has 4 aliphatic carbocycles. The Kier molecular flexibility index (Phi) is 3.89. The zero-order valence-corrected chi connectivity index (χ0v) is 14.9. The van der Waals surface area contributed by atoms with Gasteiger partial charge in [0.15, 0.2) is 0 Å². The van der Waals surface area contributed by atoms with Crippen molar-refractivity contribution in [1.82, 2.24) is 0 Å². The van der Waals surface area contributed by atoms with Gasteiger partial charge in [0, 0.05) is 0 Å². The van der Waals surface area contributed by atoms with E-state index in [4.69, 9.17) is 9.84 Å². The molecule has 0 spiro atoms. The number of hydrogen-bond acceptors (Lipinski definition) is 5. The molecule has 2 N–H and O–H groups in total. The van der Waals surface area contributed by atoms with Crippen LogP contribution in [0, 0.1) is 17.8 Å². The number of aromatic carboxylic acids is 1. The highest BCUT2D eigenvalue weighted by molar-refractivity contribution is 7.85. The third-order valence-corrected chi connectivity index (χ3v) is 6.81. The summed E-state index contributed by atoms with van der Waals surface area (Å²) in [6.45, 7) is 0. The third-order valence-electron chi connectivity index (χ3n) is 5.98. The second-order valence-electron chi connectivity index (χ2n) is 8.02. The fourth-order valence-electron chi connectivity index (χ4n) is 5.40. The van der Waals surface area contributed by atoms with Crippen LogP contribution < -0.4 is 0 Å². The molecule has 0 saturated heterocycles. The number of rotatable bonds is 4. The van der Waals surface area contributed by atoms with Crippen LogP contribution in [0.4, 0.5) is 0 Å². The molecule has 26 heavy (non-hydrogen) atoms. The lowest BCUT2D eigenvalue weighted by Crippen LogP contribution is -2.52. The van der Waals surface area contributed by atoms with E-state index < -0.39 is 38.1 Å². The molecule has 0 heterocycles. The molecule has 140 valence electrons. The Morgan fingerprint density at radius 3 is 1.92 bits per heavy atom. The Morgan fingerprint density at radius 2 is 1.46 bits per heavy atom. The first-order valence-electron chi connectivity index (χ1n) is 8.73. The molecule has 0 unspecified atom stereocenters. The zero-order chi connectivity index (χ0) is 18.7. The smallest absolute Gasteiger partial charge is 0.338 e. The monoisotopic (exact) mass is 380 g/mol. The topological polar surface area (TPSA) is 118 Å². The molecular formula is C18H20O7S. The molecule has 5 rings (SSSR count). The van der Waals surface area contributed by atoms with Crippen molar-refractivity contribution < 1.29 is 32.4 Å². The minimum Gasteiger partial charge on any atom is -0.478 e. The van der Waals surface area contributed by atoms with Gasteiger partial charge in [-0.3, -0.25) is 4.55 Å². The number of benzene rings is 1. The predicted octanol–water partition coefficient (Wildman–Crippen LogP) is 2.76. The van der Waals surface area contributed by atoms with Gasteiger partial charge in [-0.2, -0.15) is 8.42 Å². The SMILES string of the molecule is O=C(O)c1cc(C(=O)OC23CC4CC(CC(C4)C2)C3)cc(S(=O)(=O)O)c1. The summed E-state index contributed by atoms with van der Waals surface area (Å²) >= 11 is 0. The van der Waals surface area contributed by atoms with Crippen molar-refractivity contribution in [2.45, 2.75) is 49.0 Å². The van der Waals surface area contributed by atoms with E-state index in [1.54, 1.807) is 0 Å². The van der Waals surface area contributed by atoms with Crippen molar-refractivity contribution in [3.05, 3.63) is 29.3 Å². The standard InChI is InChI=1S/C18H20O7S/c19-16(20)13-4-14(6-15(5-13)26(22,23)24)17(21)25-18-7-10-1-11(8-18)3-12(2-10)9-18/h4-6,10-12H,1-3,7-9H2,(H,19,20)(H,22,23,24). The molecule has 1 aromatic carbocycles. The Bertz CT molecular complexity index is 852. The molecule has 7 nitrogen and oxygen atoms in total. The molecule has 0 amide bonds. The van der Waals surface area contributed by atoms with Gasteiger partial charge in [0.25, 0.3) is 10.1 Å². The fourth-order valence-corrected chi connectivity index (χ4v) is 5.95. The number of carbonyl (C=O) groups is 2. The van der Waals surface area contributed by atoms with Crippen molar-refractivity contribution >= 4 is 22.1 Å². The highest BCUT2D eigenvalue weighted by atomic mass is 32.2. The Morgan fingerprint density at radius 1 is 0.962 bits per heavy atom. The summed E-state index contributed by atoms with van der Waals surface area (Å²) < 4.78 is 37.9. The van der Waals surface area contributed by atoms with Crippen molar-refractivity contribution in [2.75, 3.05) is 0 Å². The highest BCUT2D eigenvalue weighted by Gasteiger charge is 2.53. The van der Waals surface area contributed by atoms with Gasteiger partial charge in [0.05, 0.1) is 16.0 Å². The summed E-state index contributed by atoms with van der Waals surface area (Å²) in [7, 11) is -4.64. The number of esters is 1. The van der Waals surface area contributed by atoms with Crippen LogP contribution in [0.3, 0.4) is 0 Å². The van der Waals surface area contributed by atoms with E-state index >= 15 is 0 Å². The fraction of sp³-hybridized carbons (Fsp3) is 0.556. The van der Waals surface area contributed by atoms with E-state index in [1.165, 1.54) is 19.3 Å². The molecular weight excluding hydrogens is 360 g/mol. The van der Waals surface area contributed by atoms with Crippen molar-refractivity contribution in [2.24, 2.45) is 17.8 Å². The largest absolute Gasteiger partial charge is 0.478 e. The first-order valence-corrected chi connectivity index (χ1v) is 10.2. The van der Waals surface area contributed by atoms with E-state index in [0.29, 0.717) is 17.8 Å². The van der Waals surface area contributed by atoms with E-state index in [2.05, 4.69) is 0 Å². The Hall–Kier alpha value is -1.93. The minimum absolute atomic E-state index is 0.173. The molecule has 4 aliphatic rings. The van der Waals surface area contributed by atoms with Crippen molar-refractivity contribution in [3.63, 3.8) is 0 Å². The number of hydrogen-bond donors (Lipinski definition) is 2. The molecule has 0 aliphatic heterocycles. The number of carbonyl (C=O) groups excluding carboxylic acids is 1. The maximum atomic E-state index is 12.7. The predicted molar refractivity (Wildman–Crippen MR) is 89.5 cm³/mol. The van der Waals surface area contributed by atoms with E-state index in [-0.39, 0.29) is 5.56 Å². The second kappa shape index (κ2) is 5.79. The lowest BCUT2D eigenvalue weighted by atomic mass is 9.54. The summed E-state index contributed by atoms with van der Waals surface area (Å²) in [4.78, 5) is 23.3. The highest BCUT2D eigenvalue weighted by Crippen LogP contribution is 2.57. The zero-order valence-electron chi connectivity index (χ0n) is 14.1. The maximum Gasteiger partial charge on any atom is 0.338 e. The molecule has 4 bridgehead atoms. The number of carboxylic acid groups (broad SMARTS) is 1. The van der Waals surface area contributed by atoms with Gasteiger partial charge in [-0.05, 0) is 74.5 Å². The molecule has 8 heteroatoms. The first-order chi connectivity index (χ1) is 12.1. The molecule has 0 radical (unpaired) electrons. The van der Waals surface area contributed by atoms with Gasteiger partial charge < -0.3 is 9.84 Å². The normalized spacial score (nSPS) is 32.4. The van der Waals surface area contributed by atoms with Crippen LogP contribution in [0.5, 0.6) is 0 Å². The Balaban J connectivity index is 1.64. The van der Waals surface area contributed by atoms with Crippen LogP contribution in [0.2, 0.25) is 0 Å². The molecule has 4 fully saturated rings. The van der Waals surface area contributed by atoms with Crippen LogP contribution in [-0.2, 0) is 14.9 Å². The van der Waals surface area contributed by atoms with Crippen molar-refractivity contribution in [3.8, 4) is 0 Å². The van der Waals surface area contributed by atoms with E-state index in [0.717, 1.165) is 37.5 Å². The molecule has 0 atom stereocenters. The van der Waals surface area contributed by atoms with Gasteiger partial charge in [0.1, 0.15) is 5.60 Å². The number of carboxylic acids is 1. The molecule has 4 saturated carbocycles. The molecule has 1 aromatic rings. The quantitative estimate of drug-likeness (QED) is 0.609. The second-order valence-corrected chi connectivity index (χ2v) is 9.44. The average molecular weight is 380 g/mol. The maximum absolute atomic E-state index is 12.7. The van der Waals surface area contributed by atoms with Gasteiger partial charge >= 0.3 is 11.9 Å². The van der Waals surface area contributed by atoms with Gasteiger partial charge in [0.2, 0.25) is 0 Å². The Labute approximate surface area is 151 Å². The van der Waals surface area contributed by atoms with Crippen LogP contribution in [0.15, 0.2) is 23.1 Å². The van der Waals surface area contributed by atoms with Gasteiger partial charge in [-0.1, -0.05) is 0 Å². The first kappa shape index (κ1) is 17.5. The van der Waals surface area contributed by atoms with E-state index in [9.17, 15) is 22.6 Å². The van der Waals surface area contributed by atoms with Crippen LogP contribution in [-0.4, -0.2) is 35.6 Å². The lowest BCUT2D eigenvalue weighted by molar-refractivity contribution is -0.131. The van der Waals surface area contributed by atoms with Gasteiger partial charge in [-0.25, -0.2) is 9.59 Å². The van der Waals surface area contributed by atoms with Crippen molar-refractivity contribution in [1.29, 1.82) is 0 Å². The summed E-state index contributed by atoms with van der Waals surface area (Å²) in [6, 6.07) is 2.86. The molecule has 0 aromatic heterocycles. The summed E-state index contributed by atoms with van der Waals surface area (Å²) in [5, 5.41) is 9.16. The van der Waals surface area contributed by atoms with E-state index in [1.807, 2.05) is 0 Å². The lowest BCUT2D eigenvalue weighted by Gasteiger charge is -2.55. The number of ether oxygens (including phenoxy) is 1. The minimum atomic E-state index is -4.64. The van der Waals surface area contributed by atoms with Crippen LogP contribution in [0.25, 0.3) is 0 Å². The van der Waals surface area contributed by atoms with Crippen LogP contribution >= 0.6 is 0 Å².